The maximum atomic E-state index is 11.9. The van der Waals surface area contributed by atoms with E-state index in [0.29, 0.717) is 12.5 Å². The van der Waals surface area contributed by atoms with Crippen LogP contribution in [0, 0.1) is 0 Å². The Morgan fingerprint density at radius 2 is 2.19 bits per heavy atom. The van der Waals surface area contributed by atoms with Gasteiger partial charge in [-0.3, -0.25) is 0 Å². The van der Waals surface area contributed by atoms with Gasteiger partial charge in [0.15, 0.2) is 0 Å². The summed E-state index contributed by atoms with van der Waals surface area (Å²) in [7, 11) is 0. The van der Waals surface area contributed by atoms with E-state index in [2.05, 4.69) is 20.9 Å². The normalized spacial score (nSPS) is 15.1. The fraction of sp³-hybridized carbons (Fsp3) is 0.600. The van der Waals surface area contributed by atoms with Gasteiger partial charge in [-0.2, -0.15) is 0 Å². The lowest BCUT2D eigenvalue weighted by Crippen LogP contribution is -2.36. The molecule has 0 bridgehead atoms. The van der Waals surface area contributed by atoms with Crippen molar-refractivity contribution in [1.82, 2.24) is 9.55 Å². The van der Waals surface area contributed by atoms with Crippen LogP contribution in [0.5, 0.6) is 0 Å². The molecule has 6 heteroatoms. The second-order valence-corrected chi connectivity index (χ2v) is 5.50. The first-order valence-corrected chi connectivity index (χ1v) is 5.89. The highest BCUT2D eigenvalue weighted by Gasteiger charge is 2.30. The van der Waals surface area contributed by atoms with Gasteiger partial charge in [-0.15, -0.1) is 0 Å². The quantitative estimate of drug-likeness (QED) is 0.736. The number of carbonyl (C=O) groups is 1. The summed E-state index contributed by atoms with van der Waals surface area (Å²) in [6.45, 7) is 6.92. The third-order valence-corrected chi connectivity index (χ3v) is 2.53. The Balaban J connectivity index is 2.15. The van der Waals surface area contributed by atoms with Crippen molar-refractivity contribution in [3.05, 3.63) is 10.8 Å². The second-order valence-electron chi connectivity index (χ2n) is 4.69. The molecule has 0 N–H and O–H groups in total. The van der Waals surface area contributed by atoms with Gasteiger partial charge < -0.3 is 9.30 Å². The van der Waals surface area contributed by atoms with Crippen LogP contribution in [0.15, 0.2) is 10.8 Å². The monoisotopic (exact) mass is 287 g/mol. The standard InChI is InChI=1S/C10H14BrN3O2/c1-10(2,3)16-9(15)14-5-4-13-6-7(11)12-8(13)14/h6H,4-5H2,1-3H3. The molecule has 0 radical (unpaired) electrons. The average Bonchev–Trinajstić information content (AvgIpc) is 2.58. The maximum absolute atomic E-state index is 11.9. The first-order chi connectivity index (χ1) is 7.37. The molecule has 1 aliphatic rings. The van der Waals surface area contributed by atoms with Crippen LogP contribution in [-0.4, -0.2) is 27.8 Å². The Morgan fingerprint density at radius 3 is 2.81 bits per heavy atom. The lowest BCUT2D eigenvalue weighted by Gasteiger charge is -2.23. The summed E-state index contributed by atoms with van der Waals surface area (Å²) in [5.74, 6) is 0.640. The van der Waals surface area contributed by atoms with Gasteiger partial charge in [0.05, 0.1) is 6.54 Å². The molecule has 16 heavy (non-hydrogen) atoms. The van der Waals surface area contributed by atoms with Crippen molar-refractivity contribution in [3.63, 3.8) is 0 Å². The largest absolute Gasteiger partial charge is 0.443 e. The number of ether oxygens (including phenoxy) is 1. The summed E-state index contributed by atoms with van der Waals surface area (Å²) in [6, 6.07) is 0. The van der Waals surface area contributed by atoms with Gasteiger partial charge >= 0.3 is 6.09 Å². The van der Waals surface area contributed by atoms with Crippen molar-refractivity contribution in [1.29, 1.82) is 0 Å². The number of carbonyl (C=O) groups excluding carboxylic acids is 1. The highest BCUT2D eigenvalue weighted by Crippen LogP contribution is 2.25. The van der Waals surface area contributed by atoms with E-state index in [0.717, 1.165) is 11.1 Å². The zero-order valence-corrected chi connectivity index (χ0v) is 11.1. The number of amides is 1. The maximum Gasteiger partial charge on any atom is 0.417 e. The molecule has 0 fully saturated rings. The summed E-state index contributed by atoms with van der Waals surface area (Å²) in [6.07, 6.45) is 1.52. The molecule has 1 aromatic rings. The molecule has 1 aliphatic heterocycles. The molecule has 0 saturated carbocycles. The third-order valence-electron chi connectivity index (χ3n) is 2.15. The first-order valence-electron chi connectivity index (χ1n) is 5.10. The zero-order chi connectivity index (χ0) is 11.9. The average molecular weight is 288 g/mol. The third kappa shape index (κ3) is 2.21. The van der Waals surface area contributed by atoms with Crippen molar-refractivity contribution in [2.24, 2.45) is 0 Å². The van der Waals surface area contributed by atoms with Crippen LogP contribution in [0.25, 0.3) is 0 Å². The second kappa shape index (κ2) is 3.76. The van der Waals surface area contributed by atoms with Crippen LogP contribution in [0.3, 0.4) is 0 Å². The minimum atomic E-state index is -0.478. The predicted octanol–water partition coefficient (Wildman–Crippen LogP) is 2.40. The van der Waals surface area contributed by atoms with E-state index in [9.17, 15) is 4.79 Å². The van der Waals surface area contributed by atoms with E-state index in [-0.39, 0.29) is 6.09 Å². The van der Waals surface area contributed by atoms with Crippen LogP contribution in [0.4, 0.5) is 10.7 Å². The summed E-state index contributed by atoms with van der Waals surface area (Å²) in [5.41, 5.74) is -0.478. The van der Waals surface area contributed by atoms with Crippen molar-refractivity contribution in [3.8, 4) is 0 Å². The Kier molecular flexibility index (Phi) is 2.69. The Bertz CT molecular complexity index is 422. The van der Waals surface area contributed by atoms with Gasteiger partial charge in [-0.05, 0) is 36.7 Å². The van der Waals surface area contributed by atoms with Crippen LogP contribution in [0.1, 0.15) is 20.8 Å². The zero-order valence-electron chi connectivity index (χ0n) is 9.53. The lowest BCUT2D eigenvalue weighted by molar-refractivity contribution is 0.0583. The van der Waals surface area contributed by atoms with Crippen LogP contribution in [-0.2, 0) is 11.3 Å². The molecule has 0 saturated heterocycles. The first kappa shape index (κ1) is 11.4. The fourth-order valence-corrected chi connectivity index (χ4v) is 1.96. The van der Waals surface area contributed by atoms with Gasteiger partial charge in [0.25, 0.3) is 0 Å². The topological polar surface area (TPSA) is 47.4 Å². The van der Waals surface area contributed by atoms with E-state index < -0.39 is 5.60 Å². The fourth-order valence-electron chi connectivity index (χ4n) is 1.55. The predicted molar refractivity (Wildman–Crippen MR) is 63.5 cm³/mol. The highest BCUT2D eigenvalue weighted by molar-refractivity contribution is 9.10. The number of hydrogen-bond donors (Lipinski definition) is 0. The molecule has 2 rings (SSSR count). The van der Waals surface area contributed by atoms with E-state index in [1.807, 2.05) is 31.5 Å². The Labute approximate surface area is 103 Å². The van der Waals surface area contributed by atoms with Crippen LogP contribution in [0.2, 0.25) is 0 Å². The number of rotatable bonds is 0. The Morgan fingerprint density at radius 1 is 1.50 bits per heavy atom. The molecule has 1 aromatic heterocycles. The molecule has 0 aliphatic carbocycles. The highest BCUT2D eigenvalue weighted by atomic mass is 79.9. The minimum Gasteiger partial charge on any atom is -0.443 e. The number of nitrogens with zero attached hydrogens (tertiary/aromatic N) is 3. The van der Waals surface area contributed by atoms with E-state index in [1.165, 1.54) is 0 Å². The smallest absolute Gasteiger partial charge is 0.417 e. The molecule has 0 unspecified atom stereocenters. The molecule has 0 atom stereocenters. The van der Waals surface area contributed by atoms with Crippen molar-refractivity contribution < 1.29 is 9.53 Å². The van der Waals surface area contributed by atoms with Gasteiger partial charge in [-0.1, -0.05) is 0 Å². The van der Waals surface area contributed by atoms with Crippen molar-refractivity contribution >= 4 is 28.0 Å². The van der Waals surface area contributed by atoms with Gasteiger partial charge in [-0.25, -0.2) is 14.7 Å². The number of aromatic nitrogens is 2. The number of anilines is 1. The van der Waals surface area contributed by atoms with Crippen LogP contribution < -0.4 is 4.90 Å². The summed E-state index contributed by atoms with van der Waals surface area (Å²) in [4.78, 5) is 17.6. The van der Waals surface area contributed by atoms with E-state index in [1.54, 1.807) is 4.90 Å². The summed E-state index contributed by atoms with van der Waals surface area (Å²) >= 11 is 3.28. The van der Waals surface area contributed by atoms with E-state index >= 15 is 0 Å². The summed E-state index contributed by atoms with van der Waals surface area (Å²) in [5, 5.41) is 0. The molecule has 2 heterocycles. The van der Waals surface area contributed by atoms with Crippen molar-refractivity contribution in [2.45, 2.75) is 32.9 Å². The molecule has 1 amide bonds. The summed E-state index contributed by atoms with van der Waals surface area (Å²) < 4.78 is 7.96. The Hall–Kier alpha value is -1.04. The number of halogens is 1. The molecule has 88 valence electrons. The van der Waals surface area contributed by atoms with Gasteiger partial charge in [0, 0.05) is 12.7 Å². The molecule has 5 nitrogen and oxygen atoms in total. The minimum absolute atomic E-state index is 0.343. The number of imidazole rings is 1. The molecule has 0 aromatic carbocycles. The van der Waals surface area contributed by atoms with Gasteiger partial charge in [0.1, 0.15) is 10.2 Å². The molecule has 0 spiro atoms. The van der Waals surface area contributed by atoms with Gasteiger partial charge in [0.2, 0.25) is 5.95 Å². The molecular weight excluding hydrogens is 274 g/mol. The van der Waals surface area contributed by atoms with Crippen molar-refractivity contribution in [2.75, 3.05) is 11.4 Å². The molecular formula is C10H14BrN3O2. The number of hydrogen-bond acceptors (Lipinski definition) is 3. The SMILES string of the molecule is CC(C)(C)OC(=O)N1CCn2cc(Br)nc21. The lowest BCUT2D eigenvalue weighted by atomic mass is 10.2. The van der Waals surface area contributed by atoms with E-state index in [4.69, 9.17) is 4.74 Å². The van der Waals surface area contributed by atoms with Crippen LogP contribution >= 0.6 is 15.9 Å². The number of fused-ring (bicyclic) bond motifs is 1.